The Hall–Kier alpha value is -1.78. The summed E-state index contributed by atoms with van der Waals surface area (Å²) in [5, 5.41) is 8.48. The van der Waals surface area contributed by atoms with E-state index in [9.17, 15) is 18.0 Å². The summed E-state index contributed by atoms with van der Waals surface area (Å²) in [5.74, 6) is -1.27. The highest BCUT2D eigenvalue weighted by atomic mass is 19.4. The first-order chi connectivity index (χ1) is 7.32. The van der Waals surface area contributed by atoms with Crippen LogP contribution in [0.15, 0.2) is 30.3 Å². The van der Waals surface area contributed by atoms with Gasteiger partial charge in [-0.05, 0) is 24.1 Å². The highest BCUT2D eigenvalue weighted by molar-refractivity contribution is 5.90. The van der Waals surface area contributed by atoms with Crippen molar-refractivity contribution in [2.24, 2.45) is 0 Å². The molecule has 0 fully saturated rings. The molecule has 0 heterocycles. The van der Waals surface area contributed by atoms with Gasteiger partial charge in [0.2, 0.25) is 0 Å². The van der Waals surface area contributed by atoms with Crippen LogP contribution in [-0.4, -0.2) is 11.1 Å². The van der Waals surface area contributed by atoms with Crippen LogP contribution in [-0.2, 0) is 11.0 Å². The van der Waals surface area contributed by atoms with Crippen molar-refractivity contribution in [1.82, 2.24) is 0 Å². The summed E-state index contributed by atoms with van der Waals surface area (Å²) in [5.41, 5.74) is -0.872. The summed E-state index contributed by atoms with van der Waals surface area (Å²) in [6, 6.07) is 4.87. The quantitative estimate of drug-likeness (QED) is 0.792. The minimum atomic E-state index is -4.48. The number of carboxylic acid groups (broad SMARTS) is 1. The summed E-state index contributed by atoms with van der Waals surface area (Å²) in [7, 11) is 0. The Kier molecular flexibility index (Phi) is 3.37. The van der Waals surface area contributed by atoms with E-state index in [0.29, 0.717) is 0 Å². The molecule has 0 atom stereocenters. The Bertz CT molecular complexity index is 433. The molecule has 1 N–H and O–H groups in total. The number of carbonyl (C=O) groups is 1. The Morgan fingerprint density at radius 1 is 1.31 bits per heavy atom. The number of alkyl halides is 3. The number of allylic oxidation sites excluding steroid dienone is 1. The molecule has 0 aliphatic heterocycles. The third-order valence-corrected chi connectivity index (χ3v) is 2.00. The number of carboxylic acids is 1. The van der Waals surface area contributed by atoms with Crippen LogP contribution >= 0.6 is 0 Å². The second-order valence-corrected chi connectivity index (χ2v) is 3.21. The third-order valence-electron chi connectivity index (χ3n) is 2.00. The fraction of sp³-hybridized carbons (Fsp3) is 0.182. The zero-order chi connectivity index (χ0) is 12.3. The van der Waals surface area contributed by atoms with Gasteiger partial charge in [0.15, 0.2) is 0 Å². The molecule has 0 amide bonds. The lowest BCUT2D eigenvalue weighted by atomic mass is 10.0. The van der Waals surface area contributed by atoms with Gasteiger partial charge in [-0.15, -0.1) is 0 Å². The van der Waals surface area contributed by atoms with Crippen LogP contribution in [0.3, 0.4) is 0 Å². The second kappa shape index (κ2) is 4.38. The van der Waals surface area contributed by atoms with E-state index < -0.39 is 17.7 Å². The minimum Gasteiger partial charge on any atom is -0.478 e. The van der Waals surface area contributed by atoms with Gasteiger partial charge in [-0.2, -0.15) is 13.2 Å². The molecule has 2 nitrogen and oxygen atoms in total. The average molecular weight is 230 g/mol. The number of rotatable bonds is 2. The van der Waals surface area contributed by atoms with Gasteiger partial charge in [-0.1, -0.05) is 18.2 Å². The molecule has 0 bridgehead atoms. The third kappa shape index (κ3) is 2.85. The van der Waals surface area contributed by atoms with E-state index >= 15 is 0 Å². The molecular weight excluding hydrogens is 221 g/mol. The predicted molar refractivity (Wildman–Crippen MR) is 52.7 cm³/mol. The Morgan fingerprint density at radius 2 is 1.88 bits per heavy atom. The van der Waals surface area contributed by atoms with Gasteiger partial charge in [0.05, 0.1) is 5.56 Å². The highest BCUT2D eigenvalue weighted by Gasteiger charge is 2.33. The highest BCUT2D eigenvalue weighted by Crippen LogP contribution is 2.34. The number of hydrogen-bond acceptors (Lipinski definition) is 1. The normalized spacial score (nSPS) is 12.6. The van der Waals surface area contributed by atoms with Crippen LogP contribution in [0, 0.1) is 0 Å². The predicted octanol–water partition coefficient (Wildman–Crippen LogP) is 3.19. The molecule has 0 saturated heterocycles. The maximum atomic E-state index is 12.6. The number of halogens is 3. The molecule has 0 unspecified atom stereocenters. The molecule has 0 aliphatic rings. The van der Waals surface area contributed by atoms with Crippen molar-refractivity contribution in [2.45, 2.75) is 13.1 Å². The Morgan fingerprint density at radius 3 is 2.38 bits per heavy atom. The minimum absolute atomic E-state index is 0.0698. The summed E-state index contributed by atoms with van der Waals surface area (Å²) in [4.78, 5) is 10.4. The maximum absolute atomic E-state index is 12.6. The van der Waals surface area contributed by atoms with Gasteiger partial charge in [-0.3, -0.25) is 0 Å². The zero-order valence-corrected chi connectivity index (χ0v) is 8.38. The smallest absolute Gasteiger partial charge is 0.416 e. The van der Waals surface area contributed by atoms with Crippen molar-refractivity contribution in [3.05, 3.63) is 41.5 Å². The molecule has 86 valence electrons. The van der Waals surface area contributed by atoms with E-state index in [2.05, 4.69) is 0 Å². The lowest BCUT2D eigenvalue weighted by Crippen LogP contribution is -2.08. The van der Waals surface area contributed by atoms with Crippen molar-refractivity contribution in [3.8, 4) is 0 Å². The zero-order valence-electron chi connectivity index (χ0n) is 8.38. The molecule has 1 aromatic rings. The monoisotopic (exact) mass is 230 g/mol. The van der Waals surface area contributed by atoms with Crippen LogP contribution < -0.4 is 0 Å². The largest absolute Gasteiger partial charge is 0.478 e. The Labute approximate surface area is 90.0 Å². The van der Waals surface area contributed by atoms with Gasteiger partial charge in [-0.25, -0.2) is 4.79 Å². The number of hydrogen-bond donors (Lipinski definition) is 1. The van der Waals surface area contributed by atoms with E-state index in [0.717, 1.165) is 12.1 Å². The topological polar surface area (TPSA) is 37.3 Å². The summed E-state index contributed by atoms with van der Waals surface area (Å²) >= 11 is 0. The molecule has 1 rings (SSSR count). The molecule has 0 saturated carbocycles. The molecule has 1 aromatic carbocycles. The molecule has 0 aromatic heterocycles. The number of benzene rings is 1. The molecule has 0 aliphatic carbocycles. The van der Waals surface area contributed by atoms with E-state index in [4.69, 9.17) is 5.11 Å². The number of aliphatic carboxylic acids is 1. The van der Waals surface area contributed by atoms with E-state index in [1.165, 1.54) is 25.1 Å². The van der Waals surface area contributed by atoms with Crippen LogP contribution in [0.4, 0.5) is 13.2 Å². The van der Waals surface area contributed by atoms with E-state index in [1.807, 2.05) is 0 Å². The molecule has 5 heteroatoms. The van der Waals surface area contributed by atoms with Crippen molar-refractivity contribution < 1.29 is 23.1 Å². The van der Waals surface area contributed by atoms with E-state index in [1.54, 1.807) is 0 Å². The fourth-order valence-corrected chi connectivity index (χ4v) is 1.34. The molecule has 0 spiro atoms. The van der Waals surface area contributed by atoms with Gasteiger partial charge < -0.3 is 5.11 Å². The van der Waals surface area contributed by atoms with Crippen LogP contribution in [0.2, 0.25) is 0 Å². The summed E-state index contributed by atoms with van der Waals surface area (Å²) < 4.78 is 37.7. The van der Waals surface area contributed by atoms with Gasteiger partial charge in [0.25, 0.3) is 0 Å². The fourth-order valence-electron chi connectivity index (χ4n) is 1.34. The first-order valence-corrected chi connectivity index (χ1v) is 4.40. The summed E-state index contributed by atoms with van der Waals surface area (Å²) in [6.45, 7) is 1.33. The summed E-state index contributed by atoms with van der Waals surface area (Å²) in [6.07, 6.45) is -3.73. The van der Waals surface area contributed by atoms with Crippen molar-refractivity contribution in [3.63, 3.8) is 0 Å². The molecule has 0 radical (unpaired) electrons. The van der Waals surface area contributed by atoms with Crippen molar-refractivity contribution in [2.75, 3.05) is 0 Å². The van der Waals surface area contributed by atoms with Gasteiger partial charge in [0, 0.05) is 6.08 Å². The van der Waals surface area contributed by atoms with Crippen LogP contribution in [0.25, 0.3) is 5.57 Å². The lowest BCUT2D eigenvalue weighted by Gasteiger charge is -2.12. The van der Waals surface area contributed by atoms with Gasteiger partial charge in [0.1, 0.15) is 0 Å². The lowest BCUT2D eigenvalue weighted by molar-refractivity contribution is -0.138. The Balaban J connectivity index is 3.29. The standard InChI is InChI=1S/C11H9F3O2/c1-7(6-10(15)16)8-4-2-3-5-9(8)11(12,13)14/h2-6H,1H3,(H,15,16). The van der Waals surface area contributed by atoms with Crippen LogP contribution in [0.5, 0.6) is 0 Å². The first-order valence-electron chi connectivity index (χ1n) is 4.40. The average Bonchev–Trinajstić information content (AvgIpc) is 2.15. The SMILES string of the molecule is CC(=CC(=O)O)c1ccccc1C(F)(F)F. The first kappa shape index (κ1) is 12.3. The maximum Gasteiger partial charge on any atom is 0.416 e. The van der Waals surface area contributed by atoms with Gasteiger partial charge >= 0.3 is 12.1 Å². The van der Waals surface area contributed by atoms with Crippen LogP contribution in [0.1, 0.15) is 18.1 Å². The second-order valence-electron chi connectivity index (χ2n) is 3.21. The molecule has 16 heavy (non-hydrogen) atoms. The van der Waals surface area contributed by atoms with Crippen molar-refractivity contribution >= 4 is 11.5 Å². The van der Waals surface area contributed by atoms with E-state index in [-0.39, 0.29) is 11.1 Å². The van der Waals surface area contributed by atoms with Crippen molar-refractivity contribution in [1.29, 1.82) is 0 Å². The molecular formula is C11H9F3O2.